The minimum Gasteiger partial charge on any atom is -0.343 e. The predicted octanol–water partition coefficient (Wildman–Crippen LogP) is 3.39. The van der Waals surface area contributed by atoms with Crippen LogP contribution in [0.25, 0.3) is 11.4 Å². The van der Waals surface area contributed by atoms with Crippen molar-refractivity contribution in [2.24, 2.45) is 0 Å². The number of amides is 2. The summed E-state index contributed by atoms with van der Waals surface area (Å²) in [6.07, 6.45) is -4.46. The summed E-state index contributed by atoms with van der Waals surface area (Å²) in [6, 6.07) is 13.2. The summed E-state index contributed by atoms with van der Waals surface area (Å²) in [5.74, 6) is -0.112. The number of nitrogens with one attached hydrogen (secondary N) is 1. The summed E-state index contributed by atoms with van der Waals surface area (Å²) in [5.41, 5.74) is -0.0758. The standard InChI is InChI=1S/C24H24F3N5O3/c1-16(23-29-21(30-35-23)18-8-5-9-19(14-18)24(25,26)27)31-10-12-32(13-11-31)20(33)15-28-22(34)17-6-3-2-4-7-17/h2-9,14,16H,10-13,15H2,1H3,(H,28,34). The van der Waals surface area contributed by atoms with Crippen LogP contribution in [0.4, 0.5) is 13.2 Å². The van der Waals surface area contributed by atoms with Gasteiger partial charge in [0.05, 0.1) is 18.2 Å². The Morgan fingerprint density at radius 1 is 1.06 bits per heavy atom. The highest BCUT2D eigenvalue weighted by molar-refractivity contribution is 5.96. The third-order valence-electron chi connectivity index (χ3n) is 5.90. The van der Waals surface area contributed by atoms with E-state index in [1.54, 1.807) is 29.2 Å². The molecule has 1 aromatic heterocycles. The highest BCUT2D eigenvalue weighted by Crippen LogP contribution is 2.32. The molecule has 11 heteroatoms. The summed E-state index contributed by atoms with van der Waals surface area (Å²) < 4.78 is 44.3. The molecule has 0 radical (unpaired) electrons. The smallest absolute Gasteiger partial charge is 0.343 e. The number of rotatable bonds is 6. The van der Waals surface area contributed by atoms with Crippen LogP contribution in [0.1, 0.15) is 34.8 Å². The molecule has 1 saturated heterocycles. The van der Waals surface area contributed by atoms with Gasteiger partial charge < -0.3 is 14.7 Å². The second-order valence-corrected chi connectivity index (χ2v) is 8.18. The first-order valence-electron chi connectivity index (χ1n) is 11.1. The van der Waals surface area contributed by atoms with Gasteiger partial charge in [0, 0.05) is 37.3 Å². The first-order valence-corrected chi connectivity index (χ1v) is 11.1. The highest BCUT2D eigenvalue weighted by Gasteiger charge is 2.31. The Morgan fingerprint density at radius 3 is 2.46 bits per heavy atom. The van der Waals surface area contributed by atoms with Crippen LogP contribution < -0.4 is 5.32 Å². The summed E-state index contributed by atoms with van der Waals surface area (Å²) in [4.78, 5) is 32.7. The molecule has 0 spiro atoms. The fraction of sp³-hybridized carbons (Fsp3) is 0.333. The third-order valence-corrected chi connectivity index (χ3v) is 5.90. The van der Waals surface area contributed by atoms with E-state index in [4.69, 9.17) is 4.52 Å². The van der Waals surface area contributed by atoms with Gasteiger partial charge in [0.1, 0.15) is 0 Å². The van der Waals surface area contributed by atoms with Crippen LogP contribution in [-0.2, 0) is 11.0 Å². The predicted molar refractivity (Wildman–Crippen MR) is 120 cm³/mol. The molecule has 1 atom stereocenters. The fourth-order valence-corrected chi connectivity index (χ4v) is 3.83. The van der Waals surface area contributed by atoms with Crippen LogP contribution in [0, 0.1) is 0 Å². The van der Waals surface area contributed by atoms with E-state index in [1.165, 1.54) is 12.1 Å². The molecule has 0 aliphatic carbocycles. The second kappa shape index (κ2) is 10.3. The third kappa shape index (κ3) is 5.86. The molecule has 2 aromatic carbocycles. The average molecular weight is 487 g/mol. The maximum absolute atomic E-state index is 13.0. The minimum absolute atomic E-state index is 0.0842. The van der Waals surface area contributed by atoms with Gasteiger partial charge in [-0.1, -0.05) is 35.5 Å². The first kappa shape index (κ1) is 24.4. The normalized spacial score (nSPS) is 15.6. The van der Waals surface area contributed by atoms with Crippen LogP contribution in [0.5, 0.6) is 0 Å². The number of aromatic nitrogens is 2. The van der Waals surface area contributed by atoms with Crippen LogP contribution in [-0.4, -0.2) is 64.5 Å². The molecule has 184 valence electrons. The summed E-state index contributed by atoms with van der Waals surface area (Å²) in [6.45, 7) is 3.77. The van der Waals surface area contributed by atoms with Crippen molar-refractivity contribution in [3.05, 3.63) is 71.6 Å². The average Bonchev–Trinajstić information content (AvgIpc) is 3.37. The Morgan fingerprint density at radius 2 is 1.77 bits per heavy atom. The summed E-state index contributed by atoms with van der Waals surface area (Å²) >= 11 is 0. The number of halogens is 3. The van der Waals surface area contributed by atoms with E-state index in [1.807, 2.05) is 13.0 Å². The van der Waals surface area contributed by atoms with Crippen molar-refractivity contribution in [3.63, 3.8) is 0 Å². The molecule has 3 aromatic rings. The van der Waals surface area contributed by atoms with Gasteiger partial charge >= 0.3 is 6.18 Å². The van der Waals surface area contributed by atoms with Crippen LogP contribution >= 0.6 is 0 Å². The molecule has 35 heavy (non-hydrogen) atoms. The van der Waals surface area contributed by atoms with Gasteiger partial charge in [0.15, 0.2) is 0 Å². The highest BCUT2D eigenvalue weighted by atomic mass is 19.4. The Kier molecular flexibility index (Phi) is 7.15. The first-order chi connectivity index (χ1) is 16.7. The number of piperazine rings is 1. The summed E-state index contributed by atoms with van der Waals surface area (Å²) in [5, 5.41) is 6.49. The maximum Gasteiger partial charge on any atom is 0.416 e. The van der Waals surface area contributed by atoms with Gasteiger partial charge in [-0.25, -0.2) is 0 Å². The van der Waals surface area contributed by atoms with Crippen molar-refractivity contribution >= 4 is 11.8 Å². The Balaban J connectivity index is 1.30. The van der Waals surface area contributed by atoms with Crippen molar-refractivity contribution < 1.29 is 27.3 Å². The van der Waals surface area contributed by atoms with E-state index in [-0.39, 0.29) is 41.7 Å². The molecule has 0 saturated carbocycles. The number of benzene rings is 2. The number of carbonyl (C=O) groups excluding carboxylic acids is 2. The van der Waals surface area contributed by atoms with Crippen LogP contribution in [0.2, 0.25) is 0 Å². The lowest BCUT2D eigenvalue weighted by Crippen LogP contribution is -2.51. The van der Waals surface area contributed by atoms with Gasteiger partial charge in [0.2, 0.25) is 17.6 Å². The second-order valence-electron chi connectivity index (χ2n) is 8.18. The number of hydrogen-bond donors (Lipinski definition) is 1. The van der Waals surface area contributed by atoms with E-state index in [0.29, 0.717) is 31.7 Å². The van der Waals surface area contributed by atoms with Gasteiger partial charge in [-0.3, -0.25) is 14.5 Å². The quantitative estimate of drug-likeness (QED) is 0.573. The molecule has 4 rings (SSSR count). The largest absolute Gasteiger partial charge is 0.416 e. The Hall–Kier alpha value is -3.73. The van der Waals surface area contributed by atoms with E-state index in [0.717, 1.165) is 12.1 Å². The van der Waals surface area contributed by atoms with E-state index in [9.17, 15) is 22.8 Å². The Bertz CT molecular complexity index is 1170. The van der Waals surface area contributed by atoms with Crippen LogP contribution in [0.3, 0.4) is 0 Å². The fourth-order valence-electron chi connectivity index (χ4n) is 3.83. The van der Waals surface area contributed by atoms with Gasteiger partial charge in [0.25, 0.3) is 5.91 Å². The van der Waals surface area contributed by atoms with E-state index in [2.05, 4.69) is 20.4 Å². The maximum atomic E-state index is 13.0. The number of nitrogens with zero attached hydrogens (tertiary/aromatic N) is 4. The van der Waals surface area contributed by atoms with Crippen molar-refractivity contribution in [2.45, 2.75) is 19.1 Å². The van der Waals surface area contributed by atoms with Crippen molar-refractivity contribution in [1.82, 2.24) is 25.3 Å². The monoisotopic (exact) mass is 487 g/mol. The SMILES string of the molecule is CC(c1nc(-c2cccc(C(F)(F)F)c2)no1)N1CCN(C(=O)CNC(=O)c2ccccc2)CC1. The molecule has 1 aliphatic rings. The zero-order valence-electron chi connectivity index (χ0n) is 19.0. The van der Waals surface area contributed by atoms with E-state index >= 15 is 0 Å². The molecular weight excluding hydrogens is 463 g/mol. The zero-order valence-corrected chi connectivity index (χ0v) is 19.0. The van der Waals surface area contributed by atoms with Crippen molar-refractivity contribution in [2.75, 3.05) is 32.7 Å². The Labute approximate surface area is 199 Å². The lowest BCUT2D eigenvalue weighted by molar-refractivity contribution is -0.137. The topological polar surface area (TPSA) is 91.6 Å². The number of hydrogen-bond acceptors (Lipinski definition) is 6. The molecule has 1 fully saturated rings. The molecule has 1 unspecified atom stereocenters. The molecule has 0 bridgehead atoms. The minimum atomic E-state index is -4.46. The van der Waals surface area contributed by atoms with Crippen molar-refractivity contribution in [1.29, 1.82) is 0 Å². The molecule has 2 heterocycles. The number of carbonyl (C=O) groups is 2. The van der Waals surface area contributed by atoms with Crippen molar-refractivity contribution in [3.8, 4) is 11.4 Å². The zero-order chi connectivity index (χ0) is 25.0. The molecular formula is C24H24F3N5O3. The molecule has 1 aliphatic heterocycles. The lowest BCUT2D eigenvalue weighted by Gasteiger charge is -2.36. The lowest BCUT2D eigenvalue weighted by atomic mass is 10.1. The molecule has 2 amide bonds. The van der Waals surface area contributed by atoms with E-state index < -0.39 is 11.7 Å². The van der Waals surface area contributed by atoms with Crippen LogP contribution in [0.15, 0.2) is 59.1 Å². The number of alkyl halides is 3. The molecule has 1 N–H and O–H groups in total. The molecule has 8 nitrogen and oxygen atoms in total. The summed E-state index contributed by atoms with van der Waals surface area (Å²) in [7, 11) is 0. The van der Waals surface area contributed by atoms with Gasteiger partial charge in [-0.2, -0.15) is 18.2 Å². The van der Waals surface area contributed by atoms with Gasteiger partial charge in [-0.05, 0) is 31.2 Å². The van der Waals surface area contributed by atoms with Gasteiger partial charge in [-0.15, -0.1) is 0 Å².